The van der Waals surface area contributed by atoms with E-state index in [1.54, 1.807) is 37.3 Å². The summed E-state index contributed by atoms with van der Waals surface area (Å²) in [5.74, 6) is -2.00. The second-order valence-electron chi connectivity index (χ2n) is 5.87. The number of rotatable bonds is 4. The number of aryl methyl sites for hydroxylation is 1. The first-order valence-corrected chi connectivity index (χ1v) is 7.97. The molecular formula is C18H13F2N5O2. The van der Waals surface area contributed by atoms with Gasteiger partial charge in [0, 0.05) is 11.6 Å². The number of benzene rings is 1. The molecule has 0 amide bonds. The van der Waals surface area contributed by atoms with Crippen LogP contribution in [0.5, 0.6) is 5.88 Å². The molecule has 4 rings (SSSR count). The average Bonchev–Trinajstić information content (AvgIpc) is 3.31. The van der Waals surface area contributed by atoms with Gasteiger partial charge in [-0.2, -0.15) is 14.5 Å². The maximum Gasteiger partial charge on any atom is 0.251 e. The van der Waals surface area contributed by atoms with Gasteiger partial charge in [0.1, 0.15) is 23.5 Å². The minimum Gasteiger partial charge on any atom is -0.491 e. The molecule has 3 aromatic heterocycles. The lowest BCUT2D eigenvalue weighted by atomic mass is 10.1. The number of aromatic hydroxyl groups is 1. The Morgan fingerprint density at radius 1 is 1.19 bits per heavy atom. The van der Waals surface area contributed by atoms with Crippen molar-refractivity contribution < 1.29 is 18.4 Å². The molecule has 0 bridgehead atoms. The summed E-state index contributed by atoms with van der Waals surface area (Å²) in [5, 5.41) is 17.8. The van der Waals surface area contributed by atoms with E-state index in [0.717, 1.165) is 6.20 Å². The van der Waals surface area contributed by atoms with E-state index < -0.39 is 11.7 Å². The maximum absolute atomic E-state index is 14.4. The second-order valence-corrected chi connectivity index (χ2v) is 5.87. The highest BCUT2D eigenvalue weighted by Gasteiger charge is 2.18. The molecule has 0 aliphatic heterocycles. The van der Waals surface area contributed by atoms with E-state index in [2.05, 4.69) is 20.2 Å². The van der Waals surface area contributed by atoms with Gasteiger partial charge in [-0.1, -0.05) is 23.4 Å². The van der Waals surface area contributed by atoms with Crippen LogP contribution in [0.3, 0.4) is 0 Å². The van der Waals surface area contributed by atoms with Crippen LogP contribution in [0.1, 0.15) is 11.1 Å². The fourth-order valence-electron chi connectivity index (χ4n) is 2.67. The van der Waals surface area contributed by atoms with Crippen molar-refractivity contribution in [3.63, 3.8) is 0 Å². The molecule has 7 nitrogen and oxygen atoms in total. The van der Waals surface area contributed by atoms with Crippen molar-refractivity contribution in [2.24, 2.45) is 0 Å². The largest absolute Gasteiger partial charge is 0.491 e. The van der Waals surface area contributed by atoms with Crippen molar-refractivity contribution >= 4 is 0 Å². The van der Waals surface area contributed by atoms with Crippen LogP contribution in [0, 0.1) is 18.6 Å². The van der Waals surface area contributed by atoms with Gasteiger partial charge in [0.25, 0.3) is 5.88 Å². The molecule has 27 heavy (non-hydrogen) atoms. The normalized spacial score (nSPS) is 11.1. The van der Waals surface area contributed by atoms with Gasteiger partial charge < -0.3 is 9.63 Å². The van der Waals surface area contributed by atoms with Gasteiger partial charge in [0.2, 0.25) is 5.82 Å². The number of halogens is 2. The molecule has 0 spiro atoms. The fourth-order valence-corrected chi connectivity index (χ4v) is 2.67. The zero-order chi connectivity index (χ0) is 19.0. The van der Waals surface area contributed by atoms with Crippen molar-refractivity contribution in [1.29, 1.82) is 0 Å². The molecule has 0 saturated carbocycles. The molecule has 0 unspecified atom stereocenters. The van der Waals surface area contributed by atoms with Crippen molar-refractivity contribution in [3.8, 4) is 28.8 Å². The first-order valence-electron chi connectivity index (χ1n) is 7.97. The molecule has 0 saturated heterocycles. The van der Waals surface area contributed by atoms with Gasteiger partial charge in [-0.3, -0.25) is 4.68 Å². The Morgan fingerprint density at radius 2 is 2.04 bits per heavy atom. The molecule has 0 atom stereocenters. The van der Waals surface area contributed by atoms with E-state index in [4.69, 9.17) is 4.52 Å². The summed E-state index contributed by atoms with van der Waals surface area (Å²) in [7, 11) is 0. The van der Waals surface area contributed by atoms with Crippen molar-refractivity contribution in [1.82, 2.24) is 24.9 Å². The summed E-state index contributed by atoms with van der Waals surface area (Å²) in [4.78, 5) is 7.54. The van der Waals surface area contributed by atoms with Crippen molar-refractivity contribution in [2.75, 3.05) is 0 Å². The average molecular weight is 369 g/mol. The monoisotopic (exact) mass is 369 g/mol. The summed E-state index contributed by atoms with van der Waals surface area (Å²) in [6.45, 7) is 1.81. The van der Waals surface area contributed by atoms with E-state index in [1.165, 1.54) is 10.9 Å². The van der Waals surface area contributed by atoms with Crippen LogP contribution >= 0.6 is 0 Å². The van der Waals surface area contributed by atoms with Crippen LogP contribution in [-0.2, 0) is 6.54 Å². The molecule has 136 valence electrons. The Balaban J connectivity index is 1.81. The minimum atomic E-state index is -0.934. The van der Waals surface area contributed by atoms with Crippen molar-refractivity contribution in [3.05, 3.63) is 65.6 Å². The lowest BCUT2D eigenvalue weighted by Gasteiger charge is -2.08. The number of aromatic nitrogens is 5. The van der Waals surface area contributed by atoms with Gasteiger partial charge in [0.05, 0.1) is 18.4 Å². The number of hydrogen-bond donors (Lipinski definition) is 1. The third kappa shape index (κ3) is 3.14. The Hall–Kier alpha value is -3.62. The molecule has 0 fully saturated rings. The summed E-state index contributed by atoms with van der Waals surface area (Å²) < 4.78 is 34.0. The Morgan fingerprint density at radius 3 is 2.78 bits per heavy atom. The zero-order valence-electron chi connectivity index (χ0n) is 14.1. The predicted molar refractivity (Wildman–Crippen MR) is 90.6 cm³/mol. The molecule has 1 N–H and O–H groups in total. The van der Waals surface area contributed by atoms with Gasteiger partial charge >= 0.3 is 0 Å². The van der Waals surface area contributed by atoms with Crippen LogP contribution in [0.25, 0.3) is 22.9 Å². The quantitative estimate of drug-likeness (QED) is 0.593. The Kier molecular flexibility index (Phi) is 4.11. The summed E-state index contributed by atoms with van der Waals surface area (Å²) in [6.07, 6.45) is 2.26. The summed E-state index contributed by atoms with van der Waals surface area (Å²) in [6, 6.07) is 8.34. The molecule has 9 heteroatoms. The lowest BCUT2D eigenvalue weighted by Crippen LogP contribution is -2.07. The maximum atomic E-state index is 14.4. The van der Waals surface area contributed by atoms with E-state index >= 15 is 0 Å². The van der Waals surface area contributed by atoms with E-state index in [0.29, 0.717) is 22.5 Å². The third-order valence-electron chi connectivity index (χ3n) is 4.03. The summed E-state index contributed by atoms with van der Waals surface area (Å²) in [5.41, 5.74) is 2.25. The van der Waals surface area contributed by atoms with E-state index in [1.807, 2.05) is 0 Å². The topological polar surface area (TPSA) is 89.9 Å². The van der Waals surface area contributed by atoms with Gasteiger partial charge in [-0.05, 0) is 18.6 Å². The van der Waals surface area contributed by atoms with Crippen LogP contribution < -0.4 is 0 Å². The van der Waals surface area contributed by atoms with Crippen LogP contribution in [0.2, 0.25) is 0 Å². The molecule has 0 aliphatic carbocycles. The molecule has 4 aromatic rings. The Labute approximate surface area is 151 Å². The lowest BCUT2D eigenvalue weighted by molar-refractivity contribution is 0.409. The fraction of sp³-hybridized carbons (Fsp3) is 0.111. The molecule has 3 heterocycles. The van der Waals surface area contributed by atoms with Gasteiger partial charge in [-0.15, -0.1) is 0 Å². The molecular weight excluding hydrogens is 356 g/mol. The second kappa shape index (κ2) is 6.60. The highest BCUT2D eigenvalue weighted by molar-refractivity contribution is 5.62. The molecule has 0 aliphatic rings. The Bertz CT molecular complexity index is 1110. The zero-order valence-corrected chi connectivity index (χ0v) is 14.1. The van der Waals surface area contributed by atoms with Gasteiger partial charge in [0.15, 0.2) is 5.82 Å². The first-order chi connectivity index (χ1) is 13.0. The SMILES string of the molecule is Cc1cccc(Cn2nc(-c3ncc(F)c(O)n3)cc2-c2ccon2)c1F. The van der Waals surface area contributed by atoms with Crippen LogP contribution in [0.4, 0.5) is 8.78 Å². The molecule has 1 aromatic carbocycles. The first kappa shape index (κ1) is 16.8. The van der Waals surface area contributed by atoms with E-state index in [9.17, 15) is 13.9 Å². The van der Waals surface area contributed by atoms with Gasteiger partial charge in [-0.25, -0.2) is 9.37 Å². The van der Waals surface area contributed by atoms with Crippen molar-refractivity contribution in [2.45, 2.75) is 13.5 Å². The number of nitrogens with zero attached hydrogens (tertiary/aromatic N) is 5. The highest BCUT2D eigenvalue weighted by Crippen LogP contribution is 2.26. The number of hydrogen-bond acceptors (Lipinski definition) is 6. The highest BCUT2D eigenvalue weighted by atomic mass is 19.1. The minimum absolute atomic E-state index is 0.0297. The smallest absolute Gasteiger partial charge is 0.251 e. The van der Waals surface area contributed by atoms with Crippen LogP contribution in [0.15, 0.2) is 47.3 Å². The summed E-state index contributed by atoms with van der Waals surface area (Å²) >= 11 is 0. The van der Waals surface area contributed by atoms with E-state index in [-0.39, 0.29) is 23.9 Å². The molecule has 0 radical (unpaired) electrons. The standard InChI is InChI=1S/C18H13F2N5O2/c1-10-3-2-4-11(16(10)20)9-25-15(13-5-6-27-24-13)7-14(23-25)17-21-8-12(19)18(26)22-17/h2-8H,9H2,1H3,(H,21,22,26). The predicted octanol–water partition coefficient (Wildman–Crippen LogP) is 3.34. The van der Waals surface area contributed by atoms with Crippen LogP contribution in [-0.4, -0.2) is 30.0 Å². The third-order valence-corrected chi connectivity index (χ3v) is 4.03.